The molecule has 1 N–H and O–H groups in total. The van der Waals surface area contributed by atoms with Crippen molar-refractivity contribution in [1.29, 1.82) is 0 Å². The monoisotopic (exact) mass is 523 g/mol. The largest absolute Gasteiger partial charge is 0.466 e. The zero-order valence-electron chi connectivity index (χ0n) is 19.7. The van der Waals surface area contributed by atoms with Crippen molar-refractivity contribution in [3.8, 4) is 0 Å². The molecule has 0 fully saturated rings. The summed E-state index contributed by atoms with van der Waals surface area (Å²) in [5, 5.41) is 1.67. The van der Waals surface area contributed by atoms with Crippen LogP contribution in [0, 0.1) is 11.7 Å². The van der Waals surface area contributed by atoms with Crippen molar-refractivity contribution >= 4 is 23.5 Å². The predicted octanol–water partition coefficient (Wildman–Crippen LogP) is 6.22. The Bertz CT molecular complexity index is 1040. The van der Waals surface area contributed by atoms with E-state index < -0.39 is 69.5 Å². The van der Waals surface area contributed by atoms with Crippen molar-refractivity contribution in [2.24, 2.45) is 5.92 Å². The van der Waals surface area contributed by atoms with Gasteiger partial charge in [0.2, 0.25) is 0 Å². The van der Waals surface area contributed by atoms with Crippen LogP contribution in [0.2, 0.25) is 5.02 Å². The molecular weight excluding hydrogens is 497 g/mol. The molecule has 1 aromatic carbocycles. The van der Waals surface area contributed by atoms with Crippen molar-refractivity contribution in [3.63, 3.8) is 0 Å². The molecule has 0 aliphatic carbocycles. The molecule has 0 bridgehead atoms. The second kappa shape index (κ2) is 11.9. The molecule has 5 nitrogen and oxygen atoms in total. The number of carbonyl (C=O) groups excluding carboxylic acids is 2. The van der Waals surface area contributed by atoms with E-state index in [1.54, 1.807) is 0 Å². The first-order valence-electron chi connectivity index (χ1n) is 11.0. The van der Waals surface area contributed by atoms with Gasteiger partial charge in [0.25, 0.3) is 0 Å². The number of halogens is 6. The summed E-state index contributed by atoms with van der Waals surface area (Å²) < 4.78 is 81.1. The highest BCUT2D eigenvalue weighted by Crippen LogP contribution is 2.47. The molecule has 2 unspecified atom stereocenters. The highest BCUT2D eigenvalue weighted by molar-refractivity contribution is 6.31. The molecule has 0 amide bonds. The van der Waals surface area contributed by atoms with Crippen LogP contribution in [-0.2, 0) is 25.2 Å². The number of rotatable bonds is 9. The zero-order chi connectivity index (χ0) is 26.5. The van der Waals surface area contributed by atoms with E-state index in [1.165, 1.54) is 6.92 Å². The molecule has 0 radical (unpaired) electrons. The minimum atomic E-state index is -5.16. The van der Waals surface area contributed by atoms with E-state index in [0.29, 0.717) is 12.1 Å². The summed E-state index contributed by atoms with van der Waals surface area (Å²) in [6.07, 6.45) is -2.62. The van der Waals surface area contributed by atoms with Crippen molar-refractivity contribution in [3.05, 3.63) is 56.6 Å². The lowest BCUT2D eigenvalue weighted by molar-refractivity contribution is -0.142. The first-order valence-corrected chi connectivity index (χ1v) is 11.3. The van der Waals surface area contributed by atoms with Gasteiger partial charge in [-0.3, -0.25) is 0 Å². The van der Waals surface area contributed by atoms with Gasteiger partial charge in [0.1, 0.15) is 12.5 Å². The number of esters is 2. The third-order valence-electron chi connectivity index (χ3n) is 5.67. The normalized spacial score (nSPS) is 17.3. The van der Waals surface area contributed by atoms with Gasteiger partial charge in [-0.15, -0.1) is 0 Å². The van der Waals surface area contributed by atoms with Crippen LogP contribution in [-0.4, -0.2) is 32.3 Å². The fourth-order valence-corrected chi connectivity index (χ4v) is 4.25. The van der Waals surface area contributed by atoms with Crippen molar-refractivity contribution < 1.29 is 41.0 Å². The highest BCUT2D eigenvalue weighted by Gasteiger charge is 2.46. The topological polar surface area (TPSA) is 64.6 Å². The van der Waals surface area contributed by atoms with Crippen LogP contribution >= 0.6 is 11.6 Å². The zero-order valence-corrected chi connectivity index (χ0v) is 20.5. The third-order valence-corrected chi connectivity index (χ3v) is 5.98. The molecule has 0 saturated carbocycles. The van der Waals surface area contributed by atoms with Crippen LogP contribution in [0.4, 0.5) is 22.0 Å². The Morgan fingerprint density at radius 3 is 2.40 bits per heavy atom. The van der Waals surface area contributed by atoms with E-state index in [-0.39, 0.29) is 18.2 Å². The maximum absolute atomic E-state index is 15.1. The second-order valence-electron chi connectivity index (χ2n) is 8.28. The average molecular weight is 524 g/mol. The number of methoxy groups -OCH3 is 1. The van der Waals surface area contributed by atoms with E-state index in [4.69, 9.17) is 16.3 Å². The van der Waals surface area contributed by atoms with Gasteiger partial charge in [-0.2, -0.15) is 13.2 Å². The molecule has 0 aromatic heterocycles. The summed E-state index contributed by atoms with van der Waals surface area (Å²) >= 11 is 5.81. The number of carbonyl (C=O) groups is 2. The standard InChI is InChI=1S/C24H27ClF5NO4/c1-5-6-7-12(2)11-35-23(33)17-13(3)31-16(10-26)19(22(32)34-4)20(17)18-15(27)9-8-14(25)21(18)24(28,29)30/h8-9,12,20,31H,5-7,10-11H2,1-4H3. The van der Waals surface area contributed by atoms with Gasteiger partial charge in [0, 0.05) is 11.3 Å². The number of benzene rings is 1. The number of hydrogen-bond acceptors (Lipinski definition) is 5. The number of ether oxygens (including phenoxy) is 2. The molecule has 1 aliphatic heterocycles. The maximum atomic E-state index is 15.1. The number of allylic oxidation sites excluding steroid dienone is 2. The van der Waals surface area contributed by atoms with E-state index >= 15 is 4.39 Å². The van der Waals surface area contributed by atoms with Gasteiger partial charge in [-0.05, 0) is 31.4 Å². The molecule has 1 aromatic rings. The molecule has 0 spiro atoms. The Hall–Kier alpha value is -2.62. The van der Waals surface area contributed by atoms with Gasteiger partial charge in [-0.1, -0.05) is 38.3 Å². The summed E-state index contributed by atoms with van der Waals surface area (Å²) in [6, 6.07) is 1.40. The molecule has 194 valence electrons. The van der Waals surface area contributed by atoms with E-state index in [1.807, 2.05) is 13.8 Å². The molecular formula is C24H27ClF5NO4. The summed E-state index contributed by atoms with van der Waals surface area (Å²) in [6.45, 7) is 3.74. The molecule has 1 heterocycles. The molecule has 0 saturated heterocycles. The summed E-state index contributed by atoms with van der Waals surface area (Å²) in [5.41, 5.74) is -4.38. The number of hydrogen-bond donors (Lipinski definition) is 1. The lowest BCUT2D eigenvalue weighted by Gasteiger charge is -2.32. The third kappa shape index (κ3) is 6.34. The first kappa shape index (κ1) is 28.6. The molecule has 35 heavy (non-hydrogen) atoms. The van der Waals surface area contributed by atoms with Gasteiger partial charge < -0.3 is 14.8 Å². The number of dihydropyridines is 1. The molecule has 1 aliphatic rings. The summed E-state index contributed by atoms with van der Waals surface area (Å²) in [5.74, 6) is -5.74. The molecule has 2 atom stereocenters. The Morgan fingerprint density at radius 1 is 1.20 bits per heavy atom. The Kier molecular flexibility index (Phi) is 9.71. The lowest BCUT2D eigenvalue weighted by atomic mass is 9.78. The van der Waals surface area contributed by atoms with Gasteiger partial charge >= 0.3 is 18.1 Å². The van der Waals surface area contributed by atoms with Crippen LogP contribution in [0.25, 0.3) is 0 Å². The second-order valence-corrected chi connectivity index (χ2v) is 8.68. The fourth-order valence-electron chi connectivity index (χ4n) is 3.98. The van der Waals surface area contributed by atoms with Gasteiger partial charge in [0.05, 0.1) is 47.1 Å². The Balaban J connectivity index is 2.75. The van der Waals surface area contributed by atoms with Crippen LogP contribution in [0.15, 0.2) is 34.7 Å². The van der Waals surface area contributed by atoms with Gasteiger partial charge in [-0.25, -0.2) is 18.4 Å². The number of alkyl halides is 4. The maximum Gasteiger partial charge on any atom is 0.418 e. The fraction of sp³-hybridized carbons (Fsp3) is 0.500. The summed E-state index contributed by atoms with van der Waals surface area (Å²) in [4.78, 5) is 25.8. The van der Waals surface area contributed by atoms with Crippen molar-refractivity contribution in [2.75, 3.05) is 20.4 Å². The highest BCUT2D eigenvalue weighted by atomic mass is 35.5. The number of unbranched alkanes of at least 4 members (excludes halogenated alkanes) is 1. The Labute approximate surface area is 205 Å². The summed E-state index contributed by atoms with van der Waals surface area (Å²) in [7, 11) is 0.930. The minimum Gasteiger partial charge on any atom is -0.466 e. The van der Waals surface area contributed by atoms with E-state index in [0.717, 1.165) is 26.4 Å². The molecule has 2 rings (SSSR count). The van der Waals surface area contributed by atoms with Crippen LogP contribution in [0.3, 0.4) is 0 Å². The van der Waals surface area contributed by atoms with E-state index in [2.05, 4.69) is 10.1 Å². The number of nitrogens with one attached hydrogen (secondary N) is 1. The quantitative estimate of drug-likeness (QED) is 0.307. The average Bonchev–Trinajstić information content (AvgIpc) is 2.80. The SMILES string of the molecule is CCCCC(C)COC(=O)C1=C(C)NC(CF)=C(C(=O)OC)C1c1c(F)ccc(Cl)c1C(F)(F)F. The first-order chi connectivity index (χ1) is 16.4. The van der Waals surface area contributed by atoms with Gasteiger partial charge in [0.15, 0.2) is 0 Å². The minimum absolute atomic E-state index is 0.0551. The Morgan fingerprint density at radius 2 is 1.86 bits per heavy atom. The smallest absolute Gasteiger partial charge is 0.418 e. The van der Waals surface area contributed by atoms with Crippen LogP contribution < -0.4 is 5.32 Å². The van der Waals surface area contributed by atoms with E-state index in [9.17, 15) is 27.2 Å². The van der Waals surface area contributed by atoms with Crippen LogP contribution in [0.5, 0.6) is 0 Å². The van der Waals surface area contributed by atoms with Crippen molar-refractivity contribution in [1.82, 2.24) is 5.32 Å². The van der Waals surface area contributed by atoms with Crippen molar-refractivity contribution in [2.45, 2.75) is 52.1 Å². The molecule has 11 heteroatoms. The predicted molar refractivity (Wildman–Crippen MR) is 120 cm³/mol. The lowest BCUT2D eigenvalue weighted by Crippen LogP contribution is -2.35. The van der Waals surface area contributed by atoms with Crippen LogP contribution in [0.1, 0.15) is 57.1 Å².